The van der Waals surface area contributed by atoms with Crippen LogP contribution in [0.3, 0.4) is 0 Å². The Labute approximate surface area is 124 Å². The van der Waals surface area contributed by atoms with Crippen LogP contribution in [0.1, 0.15) is 20.8 Å². The number of ether oxygens (including phenoxy) is 2. The molecule has 0 aromatic heterocycles. The molecule has 1 fully saturated rings. The van der Waals surface area contributed by atoms with Gasteiger partial charge in [0, 0.05) is 5.69 Å². The molecule has 0 aliphatic carbocycles. The second-order valence-electron chi connectivity index (χ2n) is 5.50. The summed E-state index contributed by atoms with van der Waals surface area (Å²) < 4.78 is 10.3. The molecule has 1 unspecified atom stereocenters. The second-order valence-corrected chi connectivity index (χ2v) is 5.50. The van der Waals surface area contributed by atoms with Gasteiger partial charge >= 0.3 is 12.0 Å². The summed E-state index contributed by atoms with van der Waals surface area (Å²) in [5, 5.41) is 2.69. The zero-order valence-corrected chi connectivity index (χ0v) is 12.7. The third-order valence-corrected chi connectivity index (χ3v) is 3.28. The van der Waals surface area contributed by atoms with Gasteiger partial charge in [0.15, 0.2) is 5.54 Å². The first-order chi connectivity index (χ1) is 9.85. The Morgan fingerprint density at radius 1 is 1.33 bits per heavy atom. The highest BCUT2D eigenvalue weighted by molar-refractivity contribution is 6.01. The third kappa shape index (κ3) is 3.09. The van der Waals surface area contributed by atoms with Crippen LogP contribution in [0.2, 0.25) is 0 Å². The molecule has 2 amide bonds. The summed E-state index contributed by atoms with van der Waals surface area (Å²) in [6.45, 7) is 5.45. The molecule has 1 heterocycles. The smallest absolute Gasteiger partial charge is 0.333 e. The minimum Gasteiger partial charge on any atom is -0.497 e. The molecule has 21 heavy (non-hydrogen) atoms. The third-order valence-electron chi connectivity index (χ3n) is 3.28. The highest BCUT2D eigenvalue weighted by atomic mass is 16.5. The number of esters is 1. The summed E-state index contributed by atoms with van der Waals surface area (Å²) in [4.78, 5) is 25.7. The summed E-state index contributed by atoms with van der Waals surface area (Å²) in [5.41, 5.74) is -0.337. The lowest BCUT2D eigenvalue weighted by molar-refractivity contribution is -0.153. The van der Waals surface area contributed by atoms with Gasteiger partial charge in [-0.25, -0.2) is 9.59 Å². The Morgan fingerprint density at radius 3 is 2.48 bits per heavy atom. The Morgan fingerprint density at radius 2 is 1.95 bits per heavy atom. The van der Waals surface area contributed by atoms with Crippen molar-refractivity contribution in [3.63, 3.8) is 0 Å². The fraction of sp³-hybridized carbons (Fsp3) is 0.467. The number of methoxy groups -OCH3 is 1. The maximum atomic E-state index is 12.1. The standard InChI is InChI=1S/C15H20N2O4/c1-10(2)21-13(18)15(3)9-17(14(19)16-15)11-5-7-12(20-4)8-6-11/h5-8,10H,9H2,1-4H3,(H,16,19). The van der Waals surface area contributed by atoms with E-state index in [0.717, 1.165) is 0 Å². The largest absolute Gasteiger partial charge is 0.497 e. The van der Waals surface area contributed by atoms with Crippen LogP contribution in [0.4, 0.5) is 10.5 Å². The van der Waals surface area contributed by atoms with Crippen molar-refractivity contribution >= 4 is 17.7 Å². The number of benzene rings is 1. The molecule has 0 saturated carbocycles. The normalized spacial score (nSPS) is 21.4. The van der Waals surface area contributed by atoms with Crippen molar-refractivity contribution in [1.29, 1.82) is 0 Å². The average Bonchev–Trinajstić information content (AvgIpc) is 2.75. The van der Waals surface area contributed by atoms with Crippen molar-refractivity contribution in [3.8, 4) is 5.75 Å². The van der Waals surface area contributed by atoms with E-state index in [1.165, 1.54) is 4.90 Å². The highest BCUT2D eigenvalue weighted by Gasteiger charge is 2.46. The molecule has 6 heteroatoms. The fourth-order valence-electron chi connectivity index (χ4n) is 2.16. The van der Waals surface area contributed by atoms with Crippen LogP contribution in [-0.4, -0.2) is 37.3 Å². The van der Waals surface area contributed by atoms with Gasteiger partial charge in [-0.2, -0.15) is 0 Å². The molecule has 6 nitrogen and oxygen atoms in total. The molecule has 1 N–H and O–H groups in total. The average molecular weight is 292 g/mol. The zero-order valence-electron chi connectivity index (χ0n) is 12.7. The van der Waals surface area contributed by atoms with Crippen LogP contribution in [0, 0.1) is 0 Å². The van der Waals surface area contributed by atoms with Gasteiger partial charge < -0.3 is 14.8 Å². The summed E-state index contributed by atoms with van der Waals surface area (Å²) >= 11 is 0. The van der Waals surface area contributed by atoms with Crippen LogP contribution >= 0.6 is 0 Å². The van der Waals surface area contributed by atoms with Gasteiger partial charge in [0.2, 0.25) is 0 Å². The maximum absolute atomic E-state index is 12.1. The molecule has 1 atom stereocenters. The van der Waals surface area contributed by atoms with E-state index < -0.39 is 11.5 Å². The number of hydrogen-bond donors (Lipinski definition) is 1. The summed E-state index contributed by atoms with van der Waals surface area (Å²) in [6.07, 6.45) is -0.221. The Bertz CT molecular complexity index is 541. The lowest BCUT2D eigenvalue weighted by atomic mass is 10.0. The number of nitrogens with one attached hydrogen (secondary N) is 1. The van der Waals surface area contributed by atoms with E-state index in [1.54, 1.807) is 52.1 Å². The maximum Gasteiger partial charge on any atom is 0.333 e. The number of urea groups is 1. The quantitative estimate of drug-likeness (QED) is 0.861. The lowest BCUT2D eigenvalue weighted by Gasteiger charge is -2.23. The lowest BCUT2D eigenvalue weighted by Crippen LogP contribution is -2.49. The van der Waals surface area contributed by atoms with Crippen molar-refractivity contribution < 1.29 is 19.1 Å². The summed E-state index contributed by atoms with van der Waals surface area (Å²) in [5.74, 6) is 0.280. The minimum atomic E-state index is -1.04. The number of amides is 2. The van der Waals surface area contributed by atoms with Crippen molar-refractivity contribution in [2.75, 3.05) is 18.6 Å². The van der Waals surface area contributed by atoms with E-state index in [9.17, 15) is 9.59 Å². The molecule has 0 bridgehead atoms. The Hall–Kier alpha value is -2.24. The molecule has 2 rings (SSSR count). The van der Waals surface area contributed by atoms with E-state index in [4.69, 9.17) is 9.47 Å². The predicted molar refractivity (Wildman–Crippen MR) is 78.5 cm³/mol. The SMILES string of the molecule is COc1ccc(N2CC(C)(C(=O)OC(C)C)NC2=O)cc1. The number of nitrogens with zero attached hydrogens (tertiary/aromatic N) is 1. The topological polar surface area (TPSA) is 67.9 Å². The monoisotopic (exact) mass is 292 g/mol. The molecule has 1 aromatic carbocycles. The number of rotatable bonds is 4. The predicted octanol–water partition coefficient (Wildman–Crippen LogP) is 1.94. The molecule has 0 spiro atoms. The first-order valence-corrected chi connectivity index (χ1v) is 6.80. The van der Waals surface area contributed by atoms with Gasteiger partial charge in [-0.3, -0.25) is 4.90 Å². The number of anilines is 1. The molecule has 1 aliphatic rings. The van der Waals surface area contributed by atoms with E-state index in [1.807, 2.05) is 0 Å². The highest BCUT2D eigenvalue weighted by Crippen LogP contribution is 2.26. The van der Waals surface area contributed by atoms with E-state index in [-0.39, 0.29) is 18.7 Å². The first kappa shape index (κ1) is 15.2. The molecular weight excluding hydrogens is 272 g/mol. The molecule has 1 aliphatic heterocycles. The molecule has 114 valence electrons. The van der Waals surface area contributed by atoms with Crippen molar-refractivity contribution in [2.45, 2.75) is 32.4 Å². The van der Waals surface area contributed by atoms with Gasteiger partial charge in [-0.1, -0.05) is 0 Å². The molecule has 1 aromatic rings. The van der Waals surface area contributed by atoms with Gasteiger partial charge in [-0.05, 0) is 45.0 Å². The van der Waals surface area contributed by atoms with Gasteiger partial charge in [0.25, 0.3) is 0 Å². The van der Waals surface area contributed by atoms with Crippen molar-refractivity contribution in [1.82, 2.24) is 5.32 Å². The number of hydrogen-bond acceptors (Lipinski definition) is 4. The Balaban J connectivity index is 2.16. The molecule has 0 radical (unpaired) electrons. The van der Waals surface area contributed by atoms with Gasteiger partial charge in [0.1, 0.15) is 5.75 Å². The minimum absolute atomic E-state index is 0.221. The van der Waals surface area contributed by atoms with Crippen molar-refractivity contribution in [2.24, 2.45) is 0 Å². The zero-order chi connectivity index (χ0) is 15.6. The van der Waals surface area contributed by atoms with Gasteiger partial charge in [-0.15, -0.1) is 0 Å². The van der Waals surface area contributed by atoms with Crippen LogP contribution in [-0.2, 0) is 9.53 Å². The fourth-order valence-corrected chi connectivity index (χ4v) is 2.16. The van der Waals surface area contributed by atoms with E-state index in [2.05, 4.69) is 5.32 Å². The number of carbonyl (C=O) groups excluding carboxylic acids is 2. The summed E-state index contributed by atoms with van der Waals surface area (Å²) in [7, 11) is 1.58. The van der Waals surface area contributed by atoms with Crippen molar-refractivity contribution in [3.05, 3.63) is 24.3 Å². The van der Waals surface area contributed by atoms with Crippen LogP contribution in [0.15, 0.2) is 24.3 Å². The Kier molecular flexibility index (Phi) is 4.06. The van der Waals surface area contributed by atoms with E-state index >= 15 is 0 Å². The number of carbonyl (C=O) groups is 2. The second kappa shape index (κ2) is 5.63. The van der Waals surface area contributed by atoms with Crippen LogP contribution < -0.4 is 15.0 Å². The van der Waals surface area contributed by atoms with Gasteiger partial charge in [0.05, 0.1) is 19.8 Å². The van der Waals surface area contributed by atoms with E-state index in [0.29, 0.717) is 11.4 Å². The van der Waals surface area contributed by atoms with Crippen LogP contribution in [0.5, 0.6) is 5.75 Å². The molecular formula is C15H20N2O4. The molecule has 1 saturated heterocycles. The van der Waals surface area contributed by atoms with Crippen LogP contribution in [0.25, 0.3) is 0 Å². The summed E-state index contributed by atoms with van der Waals surface area (Å²) in [6, 6.07) is 6.77. The first-order valence-electron chi connectivity index (χ1n) is 6.80.